The van der Waals surface area contributed by atoms with Crippen LogP contribution in [0.4, 0.5) is 0 Å². The number of thioether (sulfide) groups is 1. The van der Waals surface area contributed by atoms with Gasteiger partial charge < -0.3 is 10.0 Å². The highest BCUT2D eigenvalue weighted by Crippen LogP contribution is 2.48. The van der Waals surface area contributed by atoms with Crippen LogP contribution in [0.1, 0.15) is 36.7 Å². The summed E-state index contributed by atoms with van der Waals surface area (Å²) in [5, 5.41) is 11.0. The van der Waals surface area contributed by atoms with Gasteiger partial charge in [-0.05, 0) is 58.8 Å². The van der Waals surface area contributed by atoms with E-state index in [9.17, 15) is 5.11 Å². The average Bonchev–Trinajstić information content (AvgIpc) is 3.17. The number of aromatic hydroxyl groups is 1. The third-order valence-corrected chi connectivity index (χ3v) is 6.63. The number of amidine groups is 1. The SMILES string of the molecule is CC[C@@H]1CSC2=N[C@H](c3ccccn3)[C@H](c3ccc(O)c(I)c3)N21. The maximum atomic E-state index is 9.89. The van der Waals surface area contributed by atoms with Gasteiger partial charge in [-0.3, -0.25) is 9.98 Å². The van der Waals surface area contributed by atoms with E-state index in [-0.39, 0.29) is 12.1 Å². The number of nitrogens with zero attached hydrogens (tertiary/aromatic N) is 3. The molecule has 1 aromatic heterocycles. The second kappa shape index (κ2) is 6.55. The van der Waals surface area contributed by atoms with E-state index in [2.05, 4.69) is 51.5 Å². The molecule has 1 saturated heterocycles. The normalized spacial score (nSPS) is 25.7. The van der Waals surface area contributed by atoms with Gasteiger partial charge in [0.05, 0.1) is 15.3 Å². The van der Waals surface area contributed by atoms with Gasteiger partial charge in [0.25, 0.3) is 0 Å². The topological polar surface area (TPSA) is 48.7 Å². The lowest BCUT2D eigenvalue weighted by atomic mass is 9.95. The van der Waals surface area contributed by atoms with Crippen LogP contribution in [0.25, 0.3) is 0 Å². The maximum Gasteiger partial charge on any atom is 0.160 e. The number of fused-ring (bicyclic) bond motifs is 1. The summed E-state index contributed by atoms with van der Waals surface area (Å²) in [6.07, 6.45) is 2.94. The first-order valence-electron chi connectivity index (χ1n) is 8.07. The average molecular weight is 451 g/mol. The summed E-state index contributed by atoms with van der Waals surface area (Å²) in [5.74, 6) is 1.42. The van der Waals surface area contributed by atoms with Crippen molar-refractivity contribution in [3.8, 4) is 5.75 Å². The number of hydrogen-bond acceptors (Lipinski definition) is 5. The van der Waals surface area contributed by atoms with E-state index >= 15 is 0 Å². The van der Waals surface area contributed by atoms with Crippen LogP contribution in [-0.2, 0) is 0 Å². The zero-order valence-electron chi connectivity index (χ0n) is 13.3. The van der Waals surface area contributed by atoms with Gasteiger partial charge in [0.2, 0.25) is 0 Å². The molecule has 1 N–H and O–H groups in total. The lowest BCUT2D eigenvalue weighted by Gasteiger charge is -2.32. The van der Waals surface area contributed by atoms with Gasteiger partial charge in [-0.1, -0.05) is 30.8 Å². The van der Waals surface area contributed by atoms with E-state index in [1.54, 1.807) is 6.07 Å². The number of halogens is 1. The monoisotopic (exact) mass is 451 g/mol. The number of hydrogen-bond donors (Lipinski definition) is 1. The molecule has 0 bridgehead atoms. The number of phenolic OH excluding ortho intramolecular Hbond substituents is 1. The van der Waals surface area contributed by atoms with Crippen LogP contribution in [0.15, 0.2) is 47.6 Å². The van der Waals surface area contributed by atoms with Gasteiger partial charge in [0.1, 0.15) is 11.8 Å². The van der Waals surface area contributed by atoms with E-state index < -0.39 is 0 Å². The Kier molecular flexibility index (Phi) is 4.42. The molecule has 124 valence electrons. The highest BCUT2D eigenvalue weighted by molar-refractivity contribution is 14.1. The van der Waals surface area contributed by atoms with Crippen molar-refractivity contribution in [2.45, 2.75) is 31.5 Å². The minimum atomic E-state index is 0.00314. The minimum absolute atomic E-state index is 0.00314. The van der Waals surface area contributed by atoms with Crippen LogP contribution in [-0.4, -0.2) is 32.0 Å². The molecule has 3 heterocycles. The largest absolute Gasteiger partial charge is 0.507 e. The smallest absolute Gasteiger partial charge is 0.160 e. The van der Waals surface area contributed by atoms with Crippen LogP contribution in [0, 0.1) is 3.57 Å². The summed E-state index contributed by atoms with van der Waals surface area (Å²) in [5.41, 5.74) is 2.19. The Balaban J connectivity index is 1.80. The quantitative estimate of drug-likeness (QED) is 0.705. The molecule has 0 radical (unpaired) electrons. The Bertz CT molecular complexity index is 783. The maximum absolute atomic E-state index is 9.89. The molecule has 4 rings (SSSR count). The Morgan fingerprint density at radius 2 is 2.21 bits per heavy atom. The summed E-state index contributed by atoms with van der Waals surface area (Å²) in [6.45, 7) is 2.24. The highest BCUT2D eigenvalue weighted by atomic mass is 127. The summed E-state index contributed by atoms with van der Waals surface area (Å²) >= 11 is 4.03. The van der Waals surface area contributed by atoms with Gasteiger partial charge in [0, 0.05) is 18.0 Å². The molecule has 0 saturated carbocycles. The second-order valence-electron chi connectivity index (χ2n) is 6.05. The molecular formula is C18H18IN3OS. The van der Waals surface area contributed by atoms with Gasteiger partial charge in [-0.25, -0.2) is 0 Å². The van der Waals surface area contributed by atoms with Crippen molar-refractivity contribution in [3.05, 3.63) is 57.4 Å². The van der Waals surface area contributed by atoms with Crippen LogP contribution >= 0.6 is 34.4 Å². The summed E-state index contributed by atoms with van der Waals surface area (Å²) in [7, 11) is 0. The number of rotatable bonds is 3. The van der Waals surface area contributed by atoms with Crippen molar-refractivity contribution >= 4 is 39.5 Å². The first kappa shape index (κ1) is 16.2. The van der Waals surface area contributed by atoms with Crippen molar-refractivity contribution in [2.75, 3.05) is 5.75 Å². The summed E-state index contributed by atoms with van der Waals surface area (Å²) in [4.78, 5) is 12.0. The first-order chi connectivity index (χ1) is 11.7. The molecule has 0 unspecified atom stereocenters. The number of aromatic nitrogens is 1. The molecule has 3 atom stereocenters. The molecule has 2 aliphatic heterocycles. The van der Waals surface area contributed by atoms with Crippen molar-refractivity contribution in [1.29, 1.82) is 0 Å². The van der Waals surface area contributed by atoms with Crippen LogP contribution in [0.3, 0.4) is 0 Å². The third-order valence-electron chi connectivity index (χ3n) is 4.64. The van der Waals surface area contributed by atoms with Gasteiger partial charge in [-0.2, -0.15) is 0 Å². The standard InChI is InChI=1S/C18H18IN3OS/c1-2-12-10-24-18-21-16(14-5-3-4-8-20-14)17(22(12)18)11-6-7-15(23)13(19)9-11/h3-9,12,16-17,23H,2,10H2,1H3/t12-,16-,17+/m1/s1. The van der Waals surface area contributed by atoms with E-state index in [4.69, 9.17) is 4.99 Å². The van der Waals surface area contributed by atoms with Gasteiger partial charge in [-0.15, -0.1) is 0 Å². The van der Waals surface area contributed by atoms with Crippen LogP contribution in [0.5, 0.6) is 5.75 Å². The third kappa shape index (κ3) is 2.69. The Hall–Kier alpha value is -1.28. The minimum Gasteiger partial charge on any atom is -0.507 e. The second-order valence-corrected chi connectivity index (χ2v) is 8.20. The predicted molar refractivity (Wildman–Crippen MR) is 106 cm³/mol. The Labute approximate surface area is 159 Å². The van der Waals surface area contributed by atoms with E-state index in [0.29, 0.717) is 11.8 Å². The van der Waals surface area contributed by atoms with Crippen LogP contribution < -0.4 is 0 Å². The molecule has 24 heavy (non-hydrogen) atoms. The fourth-order valence-electron chi connectivity index (χ4n) is 3.42. The van der Waals surface area contributed by atoms with E-state index in [1.807, 2.05) is 36.2 Å². The highest BCUT2D eigenvalue weighted by Gasteiger charge is 2.45. The predicted octanol–water partition coefficient (Wildman–Crippen LogP) is 4.37. The summed E-state index contributed by atoms with van der Waals surface area (Å²) in [6, 6.07) is 12.5. The van der Waals surface area contributed by atoms with Crippen molar-refractivity contribution in [2.24, 2.45) is 4.99 Å². The molecule has 0 amide bonds. The molecule has 6 heteroatoms. The van der Waals surface area contributed by atoms with Gasteiger partial charge >= 0.3 is 0 Å². The molecule has 2 aromatic rings. The zero-order chi connectivity index (χ0) is 16.7. The lowest BCUT2D eigenvalue weighted by molar-refractivity contribution is 0.255. The Morgan fingerprint density at radius 1 is 1.33 bits per heavy atom. The molecular weight excluding hydrogens is 433 g/mol. The molecule has 1 fully saturated rings. The molecule has 0 aliphatic carbocycles. The fraction of sp³-hybridized carbons (Fsp3) is 0.333. The van der Waals surface area contributed by atoms with E-state index in [0.717, 1.165) is 26.6 Å². The summed E-state index contributed by atoms with van der Waals surface area (Å²) < 4.78 is 0.873. The molecule has 4 nitrogen and oxygen atoms in total. The Morgan fingerprint density at radius 3 is 2.92 bits per heavy atom. The lowest BCUT2D eigenvalue weighted by Crippen LogP contribution is -2.35. The number of phenols is 1. The molecule has 0 spiro atoms. The number of benzene rings is 1. The first-order valence-corrected chi connectivity index (χ1v) is 10.1. The molecule has 1 aromatic carbocycles. The van der Waals surface area contributed by atoms with Crippen molar-refractivity contribution < 1.29 is 5.11 Å². The van der Waals surface area contributed by atoms with Crippen molar-refractivity contribution in [1.82, 2.24) is 9.88 Å². The number of pyridine rings is 1. The number of aliphatic imine (C=N–C) groups is 1. The van der Waals surface area contributed by atoms with Crippen LogP contribution in [0.2, 0.25) is 0 Å². The zero-order valence-corrected chi connectivity index (χ0v) is 16.2. The van der Waals surface area contributed by atoms with Gasteiger partial charge in [0.15, 0.2) is 5.17 Å². The molecule has 2 aliphatic rings. The van der Waals surface area contributed by atoms with Crippen molar-refractivity contribution in [3.63, 3.8) is 0 Å². The van der Waals surface area contributed by atoms with E-state index in [1.165, 1.54) is 5.56 Å². The fourth-order valence-corrected chi connectivity index (χ4v) is 5.29.